The third-order valence-corrected chi connectivity index (χ3v) is 19.8. The van der Waals surface area contributed by atoms with Crippen molar-refractivity contribution in [3.8, 4) is 63.6 Å². The van der Waals surface area contributed by atoms with Crippen LogP contribution in [-0.4, -0.2) is 164 Å². The van der Waals surface area contributed by atoms with Crippen molar-refractivity contribution in [1.29, 1.82) is 10.5 Å². The smallest absolute Gasteiger partial charge is 0.416 e. The molecule has 3 amide bonds. The van der Waals surface area contributed by atoms with Crippen LogP contribution in [0.3, 0.4) is 0 Å². The maximum absolute atomic E-state index is 13.9. The number of hydrogen-bond acceptors (Lipinski definition) is 24. The average molecular weight is 1500 g/mol. The molecule has 3 fully saturated rings. The van der Waals surface area contributed by atoms with Crippen molar-refractivity contribution < 1.29 is 56.0 Å². The molecule has 2 unspecified atom stereocenters. The van der Waals surface area contributed by atoms with Gasteiger partial charge >= 0.3 is 6.18 Å². The zero-order valence-electron chi connectivity index (χ0n) is 62.9. The Hall–Kier alpha value is -11.9. The second-order valence-electron chi connectivity index (χ2n) is 28.3. The molecule has 2 aromatic carbocycles. The van der Waals surface area contributed by atoms with E-state index in [0.29, 0.717) is 162 Å². The maximum Gasteiger partial charge on any atom is 0.416 e. The van der Waals surface area contributed by atoms with E-state index >= 15 is 0 Å². The molecular weight excluding hydrogens is 1410 g/mol. The number of nitriles is 2. The monoisotopic (exact) mass is 1500 g/mol. The fourth-order valence-corrected chi connectivity index (χ4v) is 13.3. The maximum atomic E-state index is 13.9. The van der Waals surface area contributed by atoms with E-state index in [4.69, 9.17) is 43.6 Å². The van der Waals surface area contributed by atoms with Crippen LogP contribution in [0.15, 0.2) is 122 Å². The highest BCUT2D eigenvalue weighted by Gasteiger charge is 2.37. The minimum absolute atomic E-state index is 0.0951. The molecule has 30 heteroatoms. The van der Waals surface area contributed by atoms with Gasteiger partial charge in [-0.15, -0.1) is 30.6 Å². The molecule has 0 aliphatic carbocycles. The van der Waals surface area contributed by atoms with Gasteiger partial charge in [0.15, 0.2) is 0 Å². The molecule has 3 aliphatic rings. The van der Waals surface area contributed by atoms with Gasteiger partial charge in [0, 0.05) is 101 Å². The van der Waals surface area contributed by atoms with Crippen LogP contribution in [0.1, 0.15) is 133 Å². The van der Waals surface area contributed by atoms with Crippen molar-refractivity contribution in [1.82, 2.24) is 50.5 Å². The first kappa shape index (κ1) is 77.7. The third-order valence-electron chi connectivity index (χ3n) is 19.8. The van der Waals surface area contributed by atoms with E-state index in [9.17, 15) is 38.1 Å². The molecule has 570 valence electrons. The first-order valence-electron chi connectivity index (χ1n) is 36.2. The molecule has 0 saturated carbocycles. The number of hydrogen-bond donors (Lipinski definition) is 3. The Kier molecular flexibility index (Phi) is 23.6. The fourth-order valence-electron chi connectivity index (χ4n) is 13.3. The van der Waals surface area contributed by atoms with E-state index in [1.54, 1.807) is 77.2 Å². The molecule has 9 aromatic rings. The first-order valence-corrected chi connectivity index (χ1v) is 36.2. The number of pyridine rings is 4. The van der Waals surface area contributed by atoms with Gasteiger partial charge in [-0.25, -0.2) is 0 Å². The topological polar surface area (TPSA) is 329 Å². The van der Waals surface area contributed by atoms with E-state index < -0.39 is 40.5 Å². The van der Waals surface area contributed by atoms with Gasteiger partial charge in [-0.2, -0.15) is 23.7 Å². The Bertz CT molecular complexity index is 5000. The fraction of sp³-hybridized carbons (Fsp3) is 0.388. The summed E-state index contributed by atoms with van der Waals surface area (Å²) in [5.41, 5.74) is 7.05. The number of nitrogens with one attached hydrogen (secondary N) is 3. The second-order valence-corrected chi connectivity index (χ2v) is 28.3. The molecular formula is C80H85F3N18O9. The van der Waals surface area contributed by atoms with Gasteiger partial charge in [-0.05, 0) is 167 Å². The van der Waals surface area contributed by atoms with Crippen LogP contribution in [0.2, 0.25) is 0 Å². The summed E-state index contributed by atoms with van der Waals surface area (Å²) in [5.74, 6) is -0.691. The number of ether oxygens (including phenoxy) is 6. The number of anilines is 6. The predicted octanol–water partition coefficient (Wildman–Crippen LogP) is 12.7. The molecule has 27 nitrogen and oxygen atoms in total. The van der Waals surface area contributed by atoms with E-state index in [-0.39, 0.29) is 66.4 Å². The normalized spacial score (nSPS) is 17.5. The minimum atomic E-state index is -4.64. The molecule has 10 heterocycles. The Morgan fingerprint density at radius 3 is 1.45 bits per heavy atom. The molecule has 3 N–H and O–H groups in total. The number of aromatic nitrogens is 10. The summed E-state index contributed by atoms with van der Waals surface area (Å²) in [7, 11) is 0. The van der Waals surface area contributed by atoms with Crippen molar-refractivity contribution in [3.63, 3.8) is 0 Å². The Morgan fingerprint density at radius 1 is 0.536 bits per heavy atom. The number of nitrogens with zero attached hydrogens (tertiary/aromatic N) is 15. The SMILES string of the molecule is CCOc1nnc(-c2cc(NC(=O)c3ccnc(C(C)(C)C#N)c3)ccc2C)cc1N1CCOC(CCOc2nnc(-c3cc(NC(=O)c4ccnc(C(C)(C)C#N)c4)cnc3C)cc2N2CCOC(CCOc3nnc(-c4cc(NC(=O)c5cccc(C(F)(F)F)c5)cnc4C)cc3N3CCOC[C@H]3C)[C@H]2C)[C@H]1C. The van der Waals surface area contributed by atoms with Crippen molar-refractivity contribution in [2.24, 2.45) is 0 Å². The number of morpholine rings is 3. The third kappa shape index (κ3) is 17.6. The summed E-state index contributed by atoms with van der Waals surface area (Å²) in [5, 5.41) is 56.3. The Balaban J connectivity index is 0.789. The van der Waals surface area contributed by atoms with Gasteiger partial charge in [0.05, 0.1) is 151 Å². The number of carbonyl (C=O) groups is 3. The van der Waals surface area contributed by atoms with Crippen LogP contribution in [0.4, 0.5) is 47.3 Å². The number of carbonyl (C=O) groups excluding carboxylic acids is 3. The summed E-state index contributed by atoms with van der Waals surface area (Å²) < 4.78 is 79.2. The molecule has 0 spiro atoms. The zero-order chi connectivity index (χ0) is 78.2. The largest absolute Gasteiger partial charge is 0.475 e. The zero-order valence-corrected chi connectivity index (χ0v) is 62.9. The highest BCUT2D eigenvalue weighted by molar-refractivity contribution is 6.06. The highest BCUT2D eigenvalue weighted by Crippen LogP contribution is 2.41. The number of halogens is 3. The van der Waals surface area contributed by atoms with E-state index in [2.05, 4.69) is 92.0 Å². The quantitative estimate of drug-likeness (QED) is 0.0506. The van der Waals surface area contributed by atoms with Crippen molar-refractivity contribution in [2.75, 3.05) is 96.5 Å². The Labute approximate surface area is 634 Å². The van der Waals surface area contributed by atoms with Crippen LogP contribution in [-0.2, 0) is 31.2 Å². The lowest BCUT2D eigenvalue weighted by atomic mass is 9.90. The van der Waals surface area contributed by atoms with Gasteiger partial charge in [0.2, 0.25) is 0 Å². The van der Waals surface area contributed by atoms with Crippen LogP contribution < -0.4 is 44.9 Å². The molecule has 7 aromatic heterocycles. The number of aryl methyl sites for hydroxylation is 3. The standard InChI is InChI=1S/C80H85F3N18O9/c1-12-106-75-66(38-62(93-96-75)59-35-56(17-16-46(59)2)90-73(103)53-18-22-86-70(33-53)78(8,9)44-84)100-25-30-107-68(50(100)6)21-28-110-77-67(40-64(95-98-77)61-37-58(42-89-49(61)5)92-74(104)54-19-23-87-71(34-54)79(10,11)45-85)101-26-31-108-69(51(101)7)20-27-109-76-65(99-24-29-105-43-47(99)3)39-63(94-97-76)60-36-57(41-88-48(60)4)91-72(102)52-14-13-15-55(32-52)80(81,82)83/h13-19,22-23,32-42,47,50-51,68-69H,12,20-21,24-31,43H2,1-11H3,(H,90,103)(H,91,102)(H,92,104)/t47-,50-,51-,68?,69?/m1/s1. The molecule has 0 bridgehead atoms. The lowest BCUT2D eigenvalue weighted by Gasteiger charge is -2.41. The van der Waals surface area contributed by atoms with Gasteiger partial charge in [0.1, 0.15) is 17.1 Å². The van der Waals surface area contributed by atoms with Crippen LogP contribution in [0.5, 0.6) is 17.6 Å². The van der Waals surface area contributed by atoms with Gasteiger partial charge in [0.25, 0.3) is 35.4 Å². The van der Waals surface area contributed by atoms with Gasteiger partial charge < -0.3 is 59.1 Å². The van der Waals surface area contributed by atoms with Gasteiger partial charge in [-0.1, -0.05) is 12.1 Å². The van der Waals surface area contributed by atoms with Crippen molar-refractivity contribution in [2.45, 2.75) is 136 Å². The molecule has 3 aliphatic heterocycles. The summed E-state index contributed by atoms with van der Waals surface area (Å²) in [6.45, 7) is 24.2. The first-order chi connectivity index (χ1) is 52.7. The number of benzene rings is 2. The summed E-state index contributed by atoms with van der Waals surface area (Å²) in [4.78, 5) is 65.3. The molecule has 12 rings (SSSR count). The van der Waals surface area contributed by atoms with E-state index in [1.807, 2.05) is 64.1 Å². The van der Waals surface area contributed by atoms with Crippen LogP contribution >= 0.6 is 0 Å². The second kappa shape index (κ2) is 33.3. The van der Waals surface area contributed by atoms with Crippen molar-refractivity contribution >= 4 is 51.8 Å². The lowest BCUT2D eigenvalue weighted by molar-refractivity contribution is -0.137. The predicted molar refractivity (Wildman–Crippen MR) is 405 cm³/mol. The minimum Gasteiger partial charge on any atom is -0.475 e. The number of alkyl halides is 3. The molecule has 110 heavy (non-hydrogen) atoms. The summed E-state index contributed by atoms with van der Waals surface area (Å²) >= 11 is 0. The summed E-state index contributed by atoms with van der Waals surface area (Å²) in [6, 6.07) is 29.1. The van der Waals surface area contributed by atoms with E-state index in [0.717, 1.165) is 23.3 Å². The van der Waals surface area contributed by atoms with E-state index in [1.165, 1.54) is 30.7 Å². The van der Waals surface area contributed by atoms with Crippen molar-refractivity contribution in [3.05, 3.63) is 172 Å². The van der Waals surface area contributed by atoms with Crippen LogP contribution in [0.25, 0.3) is 33.8 Å². The van der Waals surface area contributed by atoms with Crippen LogP contribution in [0, 0.1) is 43.4 Å². The molecule has 0 radical (unpaired) electrons. The number of amides is 3. The summed E-state index contributed by atoms with van der Waals surface area (Å²) in [6.07, 6.45) is 1.40. The average Bonchev–Trinajstić information content (AvgIpc) is 0.778. The molecule has 3 saturated heterocycles. The molecule has 5 atom stereocenters. The lowest BCUT2D eigenvalue weighted by Crippen LogP contribution is -2.51. The number of rotatable bonds is 24. The van der Waals surface area contributed by atoms with Gasteiger partial charge in [-0.3, -0.25) is 34.3 Å². The Morgan fingerprint density at radius 2 is 0.982 bits per heavy atom. The highest BCUT2D eigenvalue weighted by atomic mass is 19.4.